The zero-order valence-electron chi connectivity index (χ0n) is 2.87. The van der Waals surface area contributed by atoms with Crippen LogP contribution in [0.25, 0.3) is 0 Å². The molecule has 0 atom stereocenters. The van der Waals surface area contributed by atoms with Crippen LogP contribution in [-0.4, -0.2) is 6.80 Å². The molecule has 0 heterocycles. The molecule has 0 aromatic heterocycles. The van der Waals surface area contributed by atoms with Crippen LogP contribution in [0.1, 0.15) is 0 Å². The minimum atomic E-state index is -0.524. The van der Waals surface area contributed by atoms with Crippen LogP contribution in [0.4, 0.5) is 4.39 Å². The van der Waals surface area contributed by atoms with E-state index in [1.54, 1.807) is 0 Å². The lowest BCUT2D eigenvalue weighted by molar-refractivity contribution is 0.465. The maximum Gasteiger partial charge on any atom is 0.159 e. The van der Waals surface area contributed by atoms with Crippen molar-refractivity contribution in [2.45, 2.75) is 0 Å². The SMILES string of the molecule is C=CNCF. The summed E-state index contributed by atoms with van der Waals surface area (Å²) in [5.74, 6) is 0. The lowest BCUT2D eigenvalue weighted by atomic mass is 11.0. The van der Waals surface area contributed by atoms with Crippen molar-refractivity contribution in [3.05, 3.63) is 12.8 Å². The first kappa shape index (κ1) is 4.47. The zero-order valence-corrected chi connectivity index (χ0v) is 2.87. The Bertz CT molecular complexity index is 28.1. The summed E-state index contributed by atoms with van der Waals surface area (Å²) in [4.78, 5) is 0. The van der Waals surface area contributed by atoms with Gasteiger partial charge < -0.3 is 5.32 Å². The molecule has 2 heteroatoms. The molecular formula is C3H6FN. The van der Waals surface area contributed by atoms with Gasteiger partial charge in [-0.15, -0.1) is 0 Å². The molecule has 0 aliphatic rings. The Kier molecular flexibility index (Phi) is 3.10. The number of rotatable bonds is 2. The second-order valence-electron chi connectivity index (χ2n) is 0.542. The van der Waals surface area contributed by atoms with E-state index in [0.717, 1.165) is 0 Å². The summed E-state index contributed by atoms with van der Waals surface area (Å²) in [5, 5.41) is 2.21. The average molecular weight is 75.1 g/mol. The first-order valence-corrected chi connectivity index (χ1v) is 1.32. The highest BCUT2D eigenvalue weighted by molar-refractivity contribution is 4.57. The lowest BCUT2D eigenvalue weighted by Crippen LogP contribution is -1.97. The summed E-state index contributed by atoms with van der Waals surface area (Å²) in [7, 11) is 0. The summed E-state index contributed by atoms with van der Waals surface area (Å²) in [6.45, 7) is 2.68. The predicted octanol–water partition coefficient (Wildman–Crippen LogP) is 0.647. The maximum atomic E-state index is 10.8. The highest BCUT2D eigenvalue weighted by Crippen LogP contribution is 1.52. The molecule has 0 rings (SSSR count). The van der Waals surface area contributed by atoms with Gasteiger partial charge in [-0.05, 0) is 6.20 Å². The molecule has 0 fully saturated rings. The molecule has 30 valence electrons. The number of hydrogen-bond donors (Lipinski definition) is 1. The molecule has 0 radical (unpaired) electrons. The van der Waals surface area contributed by atoms with Crippen molar-refractivity contribution < 1.29 is 4.39 Å². The third kappa shape index (κ3) is 3.47. The highest BCUT2D eigenvalue weighted by atomic mass is 19.1. The second-order valence-corrected chi connectivity index (χ2v) is 0.542. The number of hydrogen-bond acceptors (Lipinski definition) is 1. The van der Waals surface area contributed by atoms with Crippen molar-refractivity contribution in [2.24, 2.45) is 0 Å². The van der Waals surface area contributed by atoms with Crippen molar-refractivity contribution in [1.29, 1.82) is 0 Å². The fourth-order valence-corrected chi connectivity index (χ4v) is 0.0546. The van der Waals surface area contributed by atoms with Gasteiger partial charge in [0.2, 0.25) is 0 Å². The molecule has 0 unspecified atom stereocenters. The molecule has 0 aromatic rings. The molecule has 0 aliphatic carbocycles. The van der Waals surface area contributed by atoms with Gasteiger partial charge in [0, 0.05) is 0 Å². The van der Waals surface area contributed by atoms with E-state index in [1.165, 1.54) is 6.20 Å². The summed E-state index contributed by atoms with van der Waals surface area (Å²) >= 11 is 0. The zero-order chi connectivity index (χ0) is 4.12. The Hall–Kier alpha value is -0.530. The van der Waals surface area contributed by atoms with Gasteiger partial charge in [-0.2, -0.15) is 0 Å². The number of halogens is 1. The Morgan fingerprint density at radius 2 is 2.60 bits per heavy atom. The van der Waals surface area contributed by atoms with Crippen LogP contribution in [0.2, 0.25) is 0 Å². The molecule has 1 nitrogen and oxygen atoms in total. The molecule has 0 aliphatic heterocycles. The lowest BCUT2D eigenvalue weighted by Gasteiger charge is -1.79. The van der Waals surface area contributed by atoms with E-state index < -0.39 is 6.80 Å². The van der Waals surface area contributed by atoms with Gasteiger partial charge in [-0.1, -0.05) is 6.58 Å². The molecule has 0 saturated carbocycles. The van der Waals surface area contributed by atoms with Crippen LogP contribution in [-0.2, 0) is 0 Å². The standard InChI is InChI=1S/C3H6FN/c1-2-5-3-4/h2,5H,1,3H2. The van der Waals surface area contributed by atoms with Gasteiger partial charge in [0.15, 0.2) is 6.80 Å². The third-order valence-corrected chi connectivity index (χ3v) is 0.221. The predicted molar refractivity (Wildman–Crippen MR) is 19.3 cm³/mol. The van der Waals surface area contributed by atoms with E-state index in [0.29, 0.717) is 0 Å². The fraction of sp³-hybridized carbons (Fsp3) is 0.333. The van der Waals surface area contributed by atoms with Crippen LogP contribution < -0.4 is 5.32 Å². The van der Waals surface area contributed by atoms with E-state index in [4.69, 9.17) is 0 Å². The van der Waals surface area contributed by atoms with Crippen LogP contribution in [0.3, 0.4) is 0 Å². The van der Waals surface area contributed by atoms with E-state index in [2.05, 4.69) is 11.9 Å². The molecule has 0 bridgehead atoms. The van der Waals surface area contributed by atoms with Gasteiger partial charge in [0.1, 0.15) is 0 Å². The van der Waals surface area contributed by atoms with E-state index in [1.807, 2.05) is 0 Å². The Morgan fingerprint density at radius 3 is 2.60 bits per heavy atom. The quantitative estimate of drug-likeness (QED) is 0.475. The Labute approximate surface area is 30.5 Å². The maximum absolute atomic E-state index is 10.8. The van der Waals surface area contributed by atoms with Gasteiger partial charge in [-0.25, -0.2) is 4.39 Å². The largest absolute Gasteiger partial charge is 0.365 e. The van der Waals surface area contributed by atoms with Crippen LogP contribution >= 0.6 is 0 Å². The Morgan fingerprint density at radius 1 is 2.00 bits per heavy atom. The van der Waals surface area contributed by atoms with E-state index in [9.17, 15) is 4.39 Å². The summed E-state index contributed by atoms with van der Waals surface area (Å²) < 4.78 is 10.8. The van der Waals surface area contributed by atoms with Gasteiger partial charge in [0.25, 0.3) is 0 Å². The van der Waals surface area contributed by atoms with Crippen LogP contribution in [0.15, 0.2) is 12.8 Å². The van der Waals surface area contributed by atoms with Crippen molar-refractivity contribution in [2.75, 3.05) is 6.80 Å². The van der Waals surface area contributed by atoms with Gasteiger partial charge in [-0.3, -0.25) is 0 Å². The highest BCUT2D eigenvalue weighted by Gasteiger charge is 1.58. The van der Waals surface area contributed by atoms with Crippen molar-refractivity contribution >= 4 is 0 Å². The number of nitrogens with one attached hydrogen (secondary N) is 1. The normalized spacial score (nSPS) is 6.60. The molecule has 0 spiro atoms. The molecule has 0 aromatic carbocycles. The first-order chi connectivity index (χ1) is 2.41. The third-order valence-electron chi connectivity index (χ3n) is 0.221. The smallest absolute Gasteiger partial charge is 0.159 e. The van der Waals surface area contributed by atoms with Crippen LogP contribution in [0.5, 0.6) is 0 Å². The molecule has 0 amide bonds. The molecule has 1 N–H and O–H groups in total. The minimum Gasteiger partial charge on any atom is -0.365 e. The van der Waals surface area contributed by atoms with Crippen molar-refractivity contribution in [3.8, 4) is 0 Å². The van der Waals surface area contributed by atoms with E-state index in [-0.39, 0.29) is 0 Å². The van der Waals surface area contributed by atoms with Crippen molar-refractivity contribution in [1.82, 2.24) is 5.32 Å². The monoisotopic (exact) mass is 75.0 g/mol. The molecule has 0 saturated heterocycles. The van der Waals surface area contributed by atoms with E-state index >= 15 is 0 Å². The Balaban J connectivity index is 2.40. The summed E-state index contributed by atoms with van der Waals surface area (Å²) in [5.41, 5.74) is 0. The fourth-order valence-electron chi connectivity index (χ4n) is 0.0546. The van der Waals surface area contributed by atoms with Crippen LogP contribution in [0, 0.1) is 0 Å². The van der Waals surface area contributed by atoms with Gasteiger partial charge in [0.05, 0.1) is 0 Å². The molecular weight excluding hydrogens is 69.0 g/mol. The molecule has 5 heavy (non-hydrogen) atoms. The second kappa shape index (κ2) is 3.47. The first-order valence-electron chi connectivity index (χ1n) is 1.32. The number of alkyl halides is 1. The average Bonchev–Trinajstić information content (AvgIpc) is 1.41. The summed E-state index contributed by atoms with van der Waals surface area (Å²) in [6, 6.07) is 0. The van der Waals surface area contributed by atoms with Crippen molar-refractivity contribution in [3.63, 3.8) is 0 Å². The minimum absolute atomic E-state index is 0.524. The summed E-state index contributed by atoms with van der Waals surface area (Å²) in [6.07, 6.45) is 1.31. The topological polar surface area (TPSA) is 12.0 Å². The van der Waals surface area contributed by atoms with Gasteiger partial charge >= 0.3 is 0 Å².